The lowest BCUT2D eigenvalue weighted by Gasteiger charge is -2.23. The van der Waals surface area contributed by atoms with Crippen LogP contribution in [0, 0.1) is 0 Å². The molecular weight excluding hydrogens is 639 g/mol. The van der Waals surface area contributed by atoms with Crippen molar-refractivity contribution in [3.8, 4) is 11.1 Å². The van der Waals surface area contributed by atoms with Gasteiger partial charge in [-0.05, 0) is 58.6 Å². The molecule has 0 aliphatic carbocycles. The van der Waals surface area contributed by atoms with E-state index in [2.05, 4.69) is 26.0 Å². The van der Waals surface area contributed by atoms with Crippen molar-refractivity contribution >= 4 is 66.8 Å². The van der Waals surface area contributed by atoms with Gasteiger partial charge in [-0.25, -0.2) is 26.9 Å². The lowest BCUT2D eigenvalue weighted by atomic mass is 10.0. The summed E-state index contributed by atoms with van der Waals surface area (Å²) >= 11 is 3.61. The zero-order chi connectivity index (χ0) is 30.3. The van der Waals surface area contributed by atoms with Gasteiger partial charge in [-0.15, -0.1) is 0 Å². The number of pyridine rings is 1. The second-order valence-electron chi connectivity index (χ2n) is 10.5. The number of rotatable bonds is 5. The Morgan fingerprint density at radius 2 is 1.79 bits per heavy atom. The van der Waals surface area contributed by atoms with Crippen molar-refractivity contribution in [2.24, 2.45) is 7.05 Å². The van der Waals surface area contributed by atoms with Gasteiger partial charge in [0.2, 0.25) is 5.81 Å². The number of hydrogen-bond acceptors (Lipinski definition) is 8. The van der Waals surface area contributed by atoms with Gasteiger partial charge in [0.25, 0.3) is 10.0 Å². The molecule has 218 valence electrons. The van der Waals surface area contributed by atoms with E-state index in [9.17, 15) is 23.4 Å². The Labute approximate surface area is 254 Å². The number of nitrogens with zero attached hydrogens (tertiary/aromatic N) is 6. The molecule has 7 rings (SSSR count). The van der Waals surface area contributed by atoms with Crippen molar-refractivity contribution < 1.29 is 23.4 Å². The number of fused-ring (bicyclic) bond motifs is 4. The third-order valence-corrected chi connectivity index (χ3v) is 10.6. The number of benzene rings is 2. The first kappa shape index (κ1) is 28.0. The topological polar surface area (TPSA) is 146 Å². The van der Waals surface area contributed by atoms with Gasteiger partial charge in [0.1, 0.15) is 4.60 Å². The molecule has 0 saturated carbocycles. The fourth-order valence-corrected chi connectivity index (χ4v) is 8.47. The van der Waals surface area contributed by atoms with Gasteiger partial charge in [0, 0.05) is 37.3 Å². The molecule has 15 heteroatoms. The van der Waals surface area contributed by atoms with Crippen LogP contribution in [0.4, 0.5) is 0 Å². The third kappa shape index (κ3) is 4.21. The zero-order valence-electron chi connectivity index (χ0n) is 22.8. The van der Waals surface area contributed by atoms with Crippen LogP contribution in [0.2, 0.25) is 0 Å². The Hall–Kier alpha value is -3.76. The molecule has 0 unspecified atom stereocenters. The molecule has 2 radical (unpaired) electrons. The van der Waals surface area contributed by atoms with Gasteiger partial charge < -0.3 is 14.9 Å². The number of hydrogen-bond donors (Lipinski definition) is 2. The maximum atomic E-state index is 14.2. The first-order chi connectivity index (χ1) is 20.5. The molecule has 12 nitrogen and oxygen atoms in total. The van der Waals surface area contributed by atoms with E-state index in [1.165, 1.54) is 29.1 Å². The normalized spacial score (nSPS) is 15.3. The monoisotopic (exact) mass is 662 g/mol. The quantitative estimate of drug-likeness (QED) is 0.212. The molecule has 0 spiro atoms. The minimum absolute atomic E-state index is 0.0674. The van der Waals surface area contributed by atoms with Crippen LogP contribution < -0.4 is 5.69 Å². The Morgan fingerprint density at radius 1 is 1.07 bits per heavy atom. The second kappa shape index (κ2) is 9.89. The summed E-state index contributed by atoms with van der Waals surface area (Å²) < 4.78 is 39.4. The highest BCUT2D eigenvalue weighted by molar-refractivity contribution is 9.10. The average Bonchev–Trinajstić information content (AvgIpc) is 3.63. The predicted octanol–water partition coefficient (Wildman–Crippen LogP) is 2.78. The van der Waals surface area contributed by atoms with Crippen molar-refractivity contribution in [3.63, 3.8) is 0 Å². The number of halogens is 1. The molecule has 1 aliphatic heterocycles. The highest BCUT2D eigenvalue weighted by Gasteiger charge is 2.32. The molecule has 0 atom stereocenters. The lowest BCUT2D eigenvalue weighted by molar-refractivity contribution is -0.157. The first-order valence-corrected chi connectivity index (χ1v) is 15.6. The van der Waals surface area contributed by atoms with Crippen molar-refractivity contribution in [2.75, 3.05) is 13.2 Å². The number of imidazole rings is 1. The summed E-state index contributed by atoms with van der Waals surface area (Å²) in [5.74, 6) is -2.72. The van der Waals surface area contributed by atoms with Crippen LogP contribution in [-0.2, 0) is 27.6 Å². The van der Waals surface area contributed by atoms with E-state index in [-0.39, 0.29) is 26.9 Å². The minimum Gasteiger partial charge on any atom is -0.381 e. The first-order valence-electron chi connectivity index (χ1n) is 13.4. The molecule has 5 heterocycles. The Bertz CT molecular complexity index is 2230. The van der Waals surface area contributed by atoms with E-state index in [1.807, 2.05) is 0 Å². The van der Waals surface area contributed by atoms with Crippen molar-refractivity contribution in [2.45, 2.75) is 29.6 Å². The van der Waals surface area contributed by atoms with Crippen LogP contribution in [0.1, 0.15) is 18.9 Å². The van der Waals surface area contributed by atoms with Crippen LogP contribution in [0.15, 0.2) is 75.2 Å². The fraction of sp³-hybridized carbons (Fsp3) is 0.250. The van der Waals surface area contributed by atoms with Crippen LogP contribution in [0.5, 0.6) is 0 Å². The maximum Gasteiger partial charge on any atom is 0.329 e. The molecule has 6 aromatic rings. The molecule has 0 bridgehead atoms. The van der Waals surface area contributed by atoms with E-state index in [4.69, 9.17) is 12.6 Å². The zero-order valence-corrected chi connectivity index (χ0v) is 25.2. The summed E-state index contributed by atoms with van der Waals surface area (Å²) in [6.07, 6.45) is 4.20. The van der Waals surface area contributed by atoms with Gasteiger partial charge >= 0.3 is 5.69 Å². The summed E-state index contributed by atoms with van der Waals surface area (Å²) in [4.78, 5) is 18.4. The summed E-state index contributed by atoms with van der Waals surface area (Å²) in [5.41, 5.74) is 2.43. The molecular formula is C28H24BBrN6O6S. The number of aliphatic hydroxyl groups is 2. The van der Waals surface area contributed by atoms with Gasteiger partial charge in [0.15, 0.2) is 13.5 Å². The van der Waals surface area contributed by atoms with E-state index in [0.29, 0.717) is 64.5 Å². The van der Waals surface area contributed by atoms with Gasteiger partial charge in [-0.2, -0.15) is 5.10 Å². The summed E-state index contributed by atoms with van der Waals surface area (Å²) in [6, 6.07) is 12.9. The molecule has 1 aliphatic rings. The van der Waals surface area contributed by atoms with Crippen molar-refractivity contribution in [1.29, 1.82) is 0 Å². The van der Waals surface area contributed by atoms with Crippen LogP contribution in [0.25, 0.3) is 44.1 Å². The fourth-order valence-electron chi connectivity index (χ4n) is 5.93. The predicted molar refractivity (Wildman–Crippen MR) is 163 cm³/mol. The van der Waals surface area contributed by atoms with Crippen molar-refractivity contribution in [3.05, 3.63) is 76.0 Å². The molecule has 4 aromatic heterocycles. The lowest BCUT2D eigenvalue weighted by Crippen LogP contribution is -2.34. The molecule has 1 fully saturated rings. The molecule has 2 N–H and O–H groups in total. The van der Waals surface area contributed by atoms with Gasteiger partial charge in [0.05, 0.1) is 39.2 Å². The molecule has 43 heavy (non-hydrogen) atoms. The van der Waals surface area contributed by atoms with Crippen LogP contribution >= 0.6 is 15.9 Å². The van der Waals surface area contributed by atoms with Crippen molar-refractivity contribution in [1.82, 2.24) is 27.9 Å². The van der Waals surface area contributed by atoms with E-state index < -0.39 is 15.8 Å². The minimum atomic E-state index is -4.16. The highest BCUT2D eigenvalue weighted by atomic mass is 79.9. The molecule has 2 aromatic carbocycles. The largest absolute Gasteiger partial charge is 0.381 e. The van der Waals surface area contributed by atoms with E-state index >= 15 is 0 Å². The number of aryl methyl sites for hydroxylation is 1. The van der Waals surface area contributed by atoms with E-state index in [1.54, 1.807) is 48.0 Å². The Morgan fingerprint density at radius 3 is 2.49 bits per heavy atom. The average molecular weight is 663 g/mol. The Balaban J connectivity index is 1.62. The standard InChI is InChI=1S/C28H24BBrN6O6S/c1-33-21-15-31-26-23(24(21)34(27(33)37)18-9-11-42-12-10-18)22(25(30)35(26)43(40,41)19-5-3-2-4-6-19)16-7-8-20-17(13-16)14-32-36(20)28(29,38)39/h2-8,13-15,18,38-39H,9-12H2,1H3. The summed E-state index contributed by atoms with van der Waals surface area (Å²) in [6.45, 7) is 1.00. The Kier molecular flexibility index (Phi) is 6.45. The maximum absolute atomic E-state index is 14.2. The number of ether oxygens (including phenoxy) is 1. The SMILES string of the molecule is [B]C(O)(O)n1ncc2cc(-c3c(Br)n(S(=O)(=O)c4ccccc4)c4ncc5c(c34)n(C3CCOCC3)c(=O)n5C)ccc21. The third-order valence-electron chi connectivity index (χ3n) is 7.94. The summed E-state index contributed by atoms with van der Waals surface area (Å²) in [5, 5.41) is 24.9. The molecule has 1 saturated heterocycles. The van der Waals surface area contributed by atoms with Crippen LogP contribution in [0.3, 0.4) is 0 Å². The highest BCUT2D eigenvalue weighted by Crippen LogP contribution is 2.44. The van der Waals surface area contributed by atoms with Crippen LogP contribution in [-0.4, -0.2) is 67.6 Å². The van der Waals surface area contributed by atoms with Gasteiger partial charge in [-0.1, -0.05) is 24.3 Å². The summed E-state index contributed by atoms with van der Waals surface area (Å²) in [7, 11) is 2.98. The van der Waals surface area contributed by atoms with Gasteiger partial charge in [-0.3, -0.25) is 9.13 Å². The smallest absolute Gasteiger partial charge is 0.329 e. The van der Waals surface area contributed by atoms with E-state index in [0.717, 1.165) is 8.65 Å². The second-order valence-corrected chi connectivity index (χ2v) is 13.0. The molecule has 0 amide bonds. The number of aromatic nitrogens is 6.